The van der Waals surface area contributed by atoms with Crippen LogP contribution < -0.4 is 16.0 Å². The monoisotopic (exact) mass is 249 g/mol. The van der Waals surface area contributed by atoms with Crippen LogP contribution in [0, 0.1) is 12.8 Å². The van der Waals surface area contributed by atoms with Gasteiger partial charge in [-0.2, -0.15) is 0 Å². The Morgan fingerprint density at radius 2 is 2.06 bits per heavy atom. The fourth-order valence-electron chi connectivity index (χ4n) is 1.74. The van der Waals surface area contributed by atoms with E-state index in [1.54, 1.807) is 0 Å². The average molecular weight is 249 g/mol. The molecule has 0 unspecified atom stereocenters. The summed E-state index contributed by atoms with van der Waals surface area (Å²) in [5.74, 6) is 2.05. The highest BCUT2D eigenvalue weighted by Gasteiger charge is 2.28. The molecule has 1 aromatic heterocycles. The van der Waals surface area contributed by atoms with Crippen molar-refractivity contribution >= 4 is 17.5 Å². The number of hydrogen-bond donors (Lipinski definition) is 3. The predicted octanol–water partition coefficient (Wildman–Crippen LogP) is 0.765. The molecule has 0 atom stereocenters. The van der Waals surface area contributed by atoms with Gasteiger partial charge in [-0.05, 0) is 19.8 Å². The van der Waals surface area contributed by atoms with Crippen molar-refractivity contribution in [3.63, 3.8) is 0 Å². The van der Waals surface area contributed by atoms with E-state index in [2.05, 4.69) is 25.9 Å². The number of aromatic nitrogens is 2. The Kier molecular flexibility index (Phi) is 3.96. The van der Waals surface area contributed by atoms with E-state index in [0.717, 1.165) is 30.0 Å². The van der Waals surface area contributed by atoms with Crippen molar-refractivity contribution in [2.24, 2.45) is 5.92 Å². The first-order valence-electron chi connectivity index (χ1n) is 6.23. The summed E-state index contributed by atoms with van der Waals surface area (Å²) in [5.41, 5.74) is 0.980. The molecule has 1 aliphatic carbocycles. The van der Waals surface area contributed by atoms with Crippen molar-refractivity contribution in [3.05, 3.63) is 11.9 Å². The van der Waals surface area contributed by atoms with Gasteiger partial charge < -0.3 is 16.0 Å². The van der Waals surface area contributed by atoms with Gasteiger partial charge in [0.1, 0.15) is 18.0 Å². The molecule has 1 aromatic rings. The van der Waals surface area contributed by atoms with E-state index in [1.807, 2.05) is 14.0 Å². The first-order chi connectivity index (χ1) is 8.72. The van der Waals surface area contributed by atoms with Gasteiger partial charge >= 0.3 is 0 Å². The number of anilines is 2. The highest BCUT2D eigenvalue weighted by Crippen LogP contribution is 2.28. The van der Waals surface area contributed by atoms with Crippen LogP contribution in [0.4, 0.5) is 11.6 Å². The lowest BCUT2D eigenvalue weighted by Gasteiger charge is -2.11. The minimum atomic E-state index is 0.173. The molecular weight excluding hydrogens is 230 g/mol. The van der Waals surface area contributed by atoms with E-state index in [-0.39, 0.29) is 11.8 Å². The Balaban J connectivity index is 1.77. The Bertz CT molecular complexity index is 430. The average Bonchev–Trinajstić information content (AvgIpc) is 3.20. The van der Waals surface area contributed by atoms with Gasteiger partial charge in [0.15, 0.2) is 0 Å². The van der Waals surface area contributed by atoms with Crippen molar-refractivity contribution in [2.45, 2.75) is 19.8 Å². The van der Waals surface area contributed by atoms with Gasteiger partial charge in [0.25, 0.3) is 0 Å². The topological polar surface area (TPSA) is 78.9 Å². The second kappa shape index (κ2) is 5.66. The largest absolute Gasteiger partial charge is 0.373 e. The predicted molar refractivity (Wildman–Crippen MR) is 70.5 cm³/mol. The standard InChI is InChI=1S/C12H19N5O/c1-8-10(13-2)16-7-17-11(8)14-5-6-15-12(18)9-3-4-9/h7,9H,3-6H2,1-2H3,(H,15,18)(H2,13,14,16,17). The summed E-state index contributed by atoms with van der Waals surface area (Å²) in [6.45, 7) is 3.24. The first kappa shape index (κ1) is 12.6. The first-order valence-corrected chi connectivity index (χ1v) is 6.23. The van der Waals surface area contributed by atoms with Crippen molar-refractivity contribution in [3.8, 4) is 0 Å². The molecule has 6 heteroatoms. The summed E-state index contributed by atoms with van der Waals surface area (Å²) in [7, 11) is 1.83. The lowest BCUT2D eigenvalue weighted by molar-refractivity contribution is -0.122. The molecule has 0 saturated heterocycles. The molecule has 1 saturated carbocycles. The molecule has 1 fully saturated rings. The number of hydrogen-bond acceptors (Lipinski definition) is 5. The Morgan fingerprint density at radius 3 is 2.72 bits per heavy atom. The zero-order valence-corrected chi connectivity index (χ0v) is 10.8. The normalized spacial score (nSPS) is 14.1. The van der Waals surface area contributed by atoms with E-state index in [9.17, 15) is 4.79 Å². The molecule has 1 heterocycles. The SMILES string of the molecule is CNc1ncnc(NCCNC(=O)C2CC2)c1C. The summed E-state index contributed by atoms with van der Waals surface area (Å²) in [6, 6.07) is 0. The van der Waals surface area contributed by atoms with Gasteiger partial charge in [0.2, 0.25) is 5.91 Å². The number of carbonyl (C=O) groups is 1. The van der Waals surface area contributed by atoms with E-state index in [0.29, 0.717) is 13.1 Å². The van der Waals surface area contributed by atoms with Crippen LogP contribution in [0.1, 0.15) is 18.4 Å². The maximum atomic E-state index is 11.4. The third kappa shape index (κ3) is 3.09. The molecular formula is C12H19N5O. The zero-order valence-electron chi connectivity index (χ0n) is 10.8. The quantitative estimate of drug-likeness (QED) is 0.649. The van der Waals surface area contributed by atoms with Gasteiger partial charge in [-0.1, -0.05) is 0 Å². The molecule has 18 heavy (non-hydrogen) atoms. The van der Waals surface area contributed by atoms with Crippen LogP contribution in [-0.4, -0.2) is 36.0 Å². The molecule has 2 rings (SSSR count). The van der Waals surface area contributed by atoms with Crippen LogP contribution >= 0.6 is 0 Å². The lowest BCUT2D eigenvalue weighted by Crippen LogP contribution is -2.30. The molecule has 98 valence electrons. The molecule has 3 N–H and O–H groups in total. The molecule has 6 nitrogen and oxygen atoms in total. The van der Waals surface area contributed by atoms with Gasteiger partial charge in [-0.3, -0.25) is 4.79 Å². The molecule has 1 amide bonds. The minimum absolute atomic E-state index is 0.173. The van der Waals surface area contributed by atoms with Crippen LogP contribution in [-0.2, 0) is 4.79 Å². The van der Waals surface area contributed by atoms with Crippen molar-refractivity contribution in [1.82, 2.24) is 15.3 Å². The van der Waals surface area contributed by atoms with Crippen LogP contribution in [0.3, 0.4) is 0 Å². The van der Waals surface area contributed by atoms with Crippen molar-refractivity contribution in [1.29, 1.82) is 0 Å². The van der Waals surface area contributed by atoms with E-state index in [4.69, 9.17) is 0 Å². The molecule has 0 bridgehead atoms. The second-order valence-electron chi connectivity index (χ2n) is 4.44. The fourth-order valence-corrected chi connectivity index (χ4v) is 1.74. The number of nitrogens with zero attached hydrogens (tertiary/aromatic N) is 2. The third-order valence-corrected chi connectivity index (χ3v) is 2.99. The van der Waals surface area contributed by atoms with Gasteiger partial charge in [-0.25, -0.2) is 9.97 Å². The molecule has 1 aliphatic rings. The maximum Gasteiger partial charge on any atom is 0.223 e. The fraction of sp³-hybridized carbons (Fsp3) is 0.583. The van der Waals surface area contributed by atoms with Crippen LogP contribution in [0.5, 0.6) is 0 Å². The Hall–Kier alpha value is -1.85. The van der Waals surface area contributed by atoms with Crippen molar-refractivity contribution < 1.29 is 4.79 Å². The second-order valence-corrected chi connectivity index (χ2v) is 4.44. The third-order valence-electron chi connectivity index (χ3n) is 2.99. The highest BCUT2D eigenvalue weighted by atomic mass is 16.2. The van der Waals surface area contributed by atoms with Gasteiger partial charge in [0.05, 0.1) is 0 Å². The summed E-state index contributed by atoms with van der Waals surface area (Å²) in [4.78, 5) is 19.7. The molecule has 0 aliphatic heterocycles. The molecule has 0 aromatic carbocycles. The summed E-state index contributed by atoms with van der Waals surface area (Å²) in [5, 5.41) is 9.11. The molecule has 0 radical (unpaired) electrons. The van der Waals surface area contributed by atoms with Gasteiger partial charge in [0, 0.05) is 31.6 Å². The highest BCUT2D eigenvalue weighted by molar-refractivity contribution is 5.80. The van der Waals surface area contributed by atoms with Crippen molar-refractivity contribution in [2.75, 3.05) is 30.8 Å². The van der Waals surface area contributed by atoms with E-state index >= 15 is 0 Å². The number of amides is 1. The Morgan fingerprint density at radius 1 is 1.33 bits per heavy atom. The van der Waals surface area contributed by atoms with Crippen LogP contribution in [0.15, 0.2) is 6.33 Å². The number of nitrogens with one attached hydrogen (secondary N) is 3. The lowest BCUT2D eigenvalue weighted by atomic mass is 10.3. The Labute approximate surface area is 107 Å². The summed E-state index contributed by atoms with van der Waals surface area (Å²) >= 11 is 0. The van der Waals surface area contributed by atoms with Crippen LogP contribution in [0.2, 0.25) is 0 Å². The van der Waals surface area contributed by atoms with E-state index in [1.165, 1.54) is 6.33 Å². The van der Waals surface area contributed by atoms with E-state index < -0.39 is 0 Å². The zero-order chi connectivity index (χ0) is 13.0. The maximum absolute atomic E-state index is 11.4. The minimum Gasteiger partial charge on any atom is -0.373 e. The van der Waals surface area contributed by atoms with Crippen LogP contribution in [0.25, 0.3) is 0 Å². The smallest absolute Gasteiger partial charge is 0.223 e. The summed E-state index contributed by atoms with van der Waals surface area (Å²) < 4.78 is 0. The number of carbonyl (C=O) groups excluding carboxylic acids is 1. The van der Waals surface area contributed by atoms with Gasteiger partial charge in [-0.15, -0.1) is 0 Å². The number of rotatable bonds is 6. The summed E-state index contributed by atoms with van der Waals surface area (Å²) in [6.07, 6.45) is 3.59. The molecule has 0 spiro atoms.